The molecule has 3 rings (SSSR count). The lowest BCUT2D eigenvalue weighted by atomic mass is 10.1. The van der Waals surface area contributed by atoms with Gasteiger partial charge in [0.05, 0.1) is 5.56 Å². The number of carbonyl (C=O) groups excluding carboxylic acids is 1. The van der Waals surface area contributed by atoms with Crippen molar-refractivity contribution in [3.05, 3.63) is 65.2 Å². The number of hydrogen-bond donors (Lipinski definition) is 0. The van der Waals surface area contributed by atoms with E-state index in [2.05, 4.69) is 15.5 Å². The molecule has 0 amide bonds. The lowest BCUT2D eigenvalue weighted by Crippen LogP contribution is -2.05. The second kappa shape index (κ2) is 6.39. The van der Waals surface area contributed by atoms with Crippen LogP contribution in [0, 0.1) is 6.92 Å². The smallest absolute Gasteiger partial charge is 0.338 e. The van der Waals surface area contributed by atoms with Crippen LogP contribution >= 0.6 is 0 Å². The van der Waals surface area contributed by atoms with Gasteiger partial charge in [0, 0.05) is 12.6 Å². The number of carbonyl (C=O) groups is 1. The van der Waals surface area contributed by atoms with Crippen molar-refractivity contribution in [2.75, 3.05) is 0 Å². The molecule has 0 aliphatic carbocycles. The molecular weight excluding hydrogens is 292 g/mol. The molecule has 23 heavy (non-hydrogen) atoms. The van der Waals surface area contributed by atoms with Crippen molar-refractivity contribution in [2.45, 2.75) is 13.5 Å². The van der Waals surface area contributed by atoms with Crippen LogP contribution in [0.2, 0.25) is 0 Å². The number of aryl methyl sites for hydroxylation is 2. The third kappa shape index (κ3) is 3.42. The van der Waals surface area contributed by atoms with Crippen molar-refractivity contribution in [1.29, 1.82) is 0 Å². The Kier molecular flexibility index (Phi) is 4.14. The standard InChI is InChI=1S/C17H16N4O2/c1-12-4-3-5-13(10-12)11-23-17(22)15-8-6-14(7-9-15)16-18-19-20-21(16)2/h3-10H,11H2,1-2H3. The van der Waals surface area contributed by atoms with Crippen molar-refractivity contribution in [3.63, 3.8) is 0 Å². The SMILES string of the molecule is Cc1cccc(COC(=O)c2ccc(-c3nnnn3C)cc2)c1. The highest BCUT2D eigenvalue weighted by atomic mass is 16.5. The van der Waals surface area contributed by atoms with Crippen LogP contribution < -0.4 is 0 Å². The normalized spacial score (nSPS) is 10.5. The van der Waals surface area contributed by atoms with E-state index in [1.807, 2.05) is 31.2 Å². The summed E-state index contributed by atoms with van der Waals surface area (Å²) in [6.07, 6.45) is 0. The van der Waals surface area contributed by atoms with Gasteiger partial charge in [0.15, 0.2) is 5.82 Å². The monoisotopic (exact) mass is 308 g/mol. The lowest BCUT2D eigenvalue weighted by molar-refractivity contribution is 0.0472. The van der Waals surface area contributed by atoms with Crippen LogP contribution in [0.15, 0.2) is 48.5 Å². The maximum Gasteiger partial charge on any atom is 0.338 e. The topological polar surface area (TPSA) is 69.9 Å². The van der Waals surface area contributed by atoms with Crippen LogP contribution in [-0.2, 0) is 18.4 Å². The van der Waals surface area contributed by atoms with Gasteiger partial charge in [0.1, 0.15) is 6.61 Å². The van der Waals surface area contributed by atoms with E-state index in [0.717, 1.165) is 16.7 Å². The van der Waals surface area contributed by atoms with Gasteiger partial charge in [-0.25, -0.2) is 9.48 Å². The van der Waals surface area contributed by atoms with E-state index in [0.29, 0.717) is 11.4 Å². The summed E-state index contributed by atoms with van der Waals surface area (Å²) < 4.78 is 6.91. The third-order valence-corrected chi connectivity index (χ3v) is 3.45. The van der Waals surface area contributed by atoms with Gasteiger partial charge in [-0.3, -0.25) is 0 Å². The minimum absolute atomic E-state index is 0.259. The molecule has 6 heteroatoms. The predicted octanol–water partition coefficient (Wildman–Crippen LogP) is 2.54. The highest BCUT2D eigenvalue weighted by Gasteiger charge is 2.10. The van der Waals surface area contributed by atoms with E-state index in [1.165, 1.54) is 0 Å². The molecule has 0 aliphatic rings. The van der Waals surface area contributed by atoms with Gasteiger partial charge in [0.2, 0.25) is 0 Å². The molecule has 0 bridgehead atoms. The first-order valence-corrected chi connectivity index (χ1v) is 7.19. The Morgan fingerprint density at radius 2 is 1.96 bits per heavy atom. The van der Waals surface area contributed by atoms with Crippen LogP contribution in [0.4, 0.5) is 0 Å². The zero-order valence-corrected chi connectivity index (χ0v) is 12.9. The number of ether oxygens (including phenoxy) is 1. The minimum atomic E-state index is -0.353. The van der Waals surface area contributed by atoms with Crippen LogP contribution in [-0.4, -0.2) is 26.2 Å². The largest absolute Gasteiger partial charge is 0.457 e. The molecule has 116 valence electrons. The predicted molar refractivity (Wildman–Crippen MR) is 84.5 cm³/mol. The Morgan fingerprint density at radius 3 is 2.61 bits per heavy atom. The number of tetrazole rings is 1. The number of aromatic nitrogens is 4. The van der Waals surface area contributed by atoms with Crippen molar-refractivity contribution < 1.29 is 9.53 Å². The van der Waals surface area contributed by atoms with Crippen LogP contribution in [0.25, 0.3) is 11.4 Å². The summed E-state index contributed by atoms with van der Waals surface area (Å²) in [6.45, 7) is 2.26. The first-order chi connectivity index (χ1) is 11.1. The van der Waals surface area contributed by atoms with Crippen molar-refractivity contribution >= 4 is 5.97 Å². The van der Waals surface area contributed by atoms with Crippen LogP contribution in [0.3, 0.4) is 0 Å². The zero-order valence-electron chi connectivity index (χ0n) is 12.9. The minimum Gasteiger partial charge on any atom is -0.457 e. The van der Waals surface area contributed by atoms with Crippen molar-refractivity contribution in [2.24, 2.45) is 7.05 Å². The van der Waals surface area contributed by atoms with Gasteiger partial charge in [-0.2, -0.15) is 0 Å². The third-order valence-electron chi connectivity index (χ3n) is 3.45. The van der Waals surface area contributed by atoms with Gasteiger partial charge >= 0.3 is 5.97 Å². The number of hydrogen-bond acceptors (Lipinski definition) is 5. The average molecular weight is 308 g/mol. The quantitative estimate of drug-likeness (QED) is 0.693. The van der Waals surface area contributed by atoms with Gasteiger partial charge in [-0.05, 0) is 35.0 Å². The number of nitrogens with zero attached hydrogens (tertiary/aromatic N) is 4. The lowest BCUT2D eigenvalue weighted by Gasteiger charge is -2.06. The fourth-order valence-electron chi connectivity index (χ4n) is 2.26. The van der Waals surface area contributed by atoms with Crippen molar-refractivity contribution in [3.8, 4) is 11.4 Å². The number of esters is 1. The molecule has 1 aromatic heterocycles. The van der Waals surface area contributed by atoms with Crippen LogP contribution in [0.1, 0.15) is 21.5 Å². The van der Waals surface area contributed by atoms with E-state index in [9.17, 15) is 4.79 Å². The molecule has 0 aliphatic heterocycles. The number of benzene rings is 2. The fourth-order valence-corrected chi connectivity index (χ4v) is 2.26. The molecule has 0 radical (unpaired) electrons. The molecule has 0 unspecified atom stereocenters. The molecule has 0 spiro atoms. The summed E-state index contributed by atoms with van der Waals surface area (Å²) in [7, 11) is 1.76. The first-order valence-electron chi connectivity index (χ1n) is 7.19. The van der Waals surface area contributed by atoms with Crippen LogP contribution in [0.5, 0.6) is 0 Å². The second-order valence-corrected chi connectivity index (χ2v) is 5.27. The van der Waals surface area contributed by atoms with Crippen molar-refractivity contribution in [1.82, 2.24) is 20.2 Å². The second-order valence-electron chi connectivity index (χ2n) is 5.27. The molecule has 0 N–H and O–H groups in total. The Morgan fingerprint density at radius 1 is 1.17 bits per heavy atom. The Labute approximate surface area is 133 Å². The summed E-state index contributed by atoms with van der Waals surface area (Å²) >= 11 is 0. The summed E-state index contributed by atoms with van der Waals surface area (Å²) in [5.74, 6) is 0.291. The zero-order chi connectivity index (χ0) is 16.2. The number of rotatable bonds is 4. The summed E-state index contributed by atoms with van der Waals surface area (Å²) in [4.78, 5) is 12.1. The first kappa shape index (κ1) is 14.9. The molecular formula is C17H16N4O2. The molecule has 1 heterocycles. The van der Waals surface area contributed by atoms with E-state index >= 15 is 0 Å². The van der Waals surface area contributed by atoms with E-state index in [4.69, 9.17) is 4.74 Å². The highest BCUT2D eigenvalue weighted by Crippen LogP contribution is 2.16. The van der Waals surface area contributed by atoms with E-state index in [1.54, 1.807) is 36.0 Å². The fraction of sp³-hybridized carbons (Fsp3) is 0.176. The average Bonchev–Trinajstić information content (AvgIpc) is 2.99. The molecule has 2 aromatic carbocycles. The summed E-state index contributed by atoms with van der Waals surface area (Å²) in [6, 6.07) is 14.9. The molecule has 0 fully saturated rings. The molecule has 0 atom stereocenters. The van der Waals surface area contributed by atoms with E-state index < -0.39 is 0 Å². The summed E-state index contributed by atoms with van der Waals surface area (Å²) in [5, 5.41) is 11.3. The maximum absolute atomic E-state index is 12.1. The maximum atomic E-state index is 12.1. The van der Waals surface area contributed by atoms with Gasteiger partial charge in [0.25, 0.3) is 0 Å². The molecule has 0 saturated carbocycles. The highest BCUT2D eigenvalue weighted by molar-refractivity contribution is 5.89. The van der Waals surface area contributed by atoms with Gasteiger partial charge in [-0.15, -0.1) is 5.10 Å². The molecule has 0 saturated heterocycles. The Balaban J connectivity index is 1.67. The van der Waals surface area contributed by atoms with Gasteiger partial charge < -0.3 is 4.74 Å². The van der Waals surface area contributed by atoms with E-state index in [-0.39, 0.29) is 12.6 Å². The molecule has 6 nitrogen and oxygen atoms in total. The Bertz CT molecular complexity index is 825. The Hall–Kier alpha value is -3.02. The van der Waals surface area contributed by atoms with Gasteiger partial charge in [-0.1, -0.05) is 42.0 Å². The molecule has 3 aromatic rings. The summed E-state index contributed by atoms with van der Waals surface area (Å²) in [5.41, 5.74) is 3.45.